The third kappa shape index (κ3) is 3.10. The smallest absolute Gasteiger partial charge is 0.137 e. The number of hydrazine groups is 1. The van der Waals surface area contributed by atoms with Crippen LogP contribution in [0, 0.1) is 0 Å². The zero-order valence-electron chi connectivity index (χ0n) is 10.7. The minimum Gasteiger partial charge on any atom is -0.495 e. The number of hydrogen-bond donors (Lipinski definition) is 2. The molecule has 6 heteroatoms. The van der Waals surface area contributed by atoms with Gasteiger partial charge < -0.3 is 4.74 Å². The summed E-state index contributed by atoms with van der Waals surface area (Å²) in [5.74, 6) is 6.28. The van der Waals surface area contributed by atoms with Crippen molar-refractivity contribution in [2.45, 2.75) is 6.04 Å². The number of methoxy groups -OCH3 is 1. The van der Waals surface area contributed by atoms with Gasteiger partial charge in [0.05, 0.1) is 23.2 Å². The topological polar surface area (TPSA) is 47.3 Å². The Balaban J connectivity index is 2.49. The van der Waals surface area contributed by atoms with Crippen molar-refractivity contribution in [3.8, 4) is 5.75 Å². The van der Waals surface area contributed by atoms with Crippen LogP contribution in [0.25, 0.3) is 0 Å². The molecular formula is C14H13BrCl2N2O. The maximum absolute atomic E-state index is 6.32. The molecule has 1 atom stereocenters. The average molecular weight is 376 g/mol. The fourth-order valence-corrected chi connectivity index (χ4v) is 2.78. The van der Waals surface area contributed by atoms with Crippen molar-refractivity contribution in [1.82, 2.24) is 5.43 Å². The largest absolute Gasteiger partial charge is 0.495 e. The molecule has 2 aromatic rings. The Morgan fingerprint density at radius 1 is 1.25 bits per heavy atom. The van der Waals surface area contributed by atoms with Gasteiger partial charge in [-0.3, -0.25) is 5.84 Å². The summed E-state index contributed by atoms with van der Waals surface area (Å²) in [6.45, 7) is 0. The fourth-order valence-electron chi connectivity index (χ4n) is 1.96. The minimum absolute atomic E-state index is 0.258. The Morgan fingerprint density at radius 3 is 2.65 bits per heavy atom. The molecule has 3 N–H and O–H groups in total. The number of ether oxygens (including phenoxy) is 1. The summed E-state index contributed by atoms with van der Waals surface area (Å²) < 4.78 is 6.04. The molecule has 20 heavy (non-hydrogen) atoms. The summed E-state index contributed by atoms with van der Waals surface area (Å²) in [7, 11) is 1.57. The zero-order chi connectivity index (χ0) is 14.7. The van der Waals surface area contributed by atoms with Crippen molar-refractivity contribution >= 4 is 39.1 Å². The molecule has 0 saturated carbocycles. The van der Waals surface area contributed by atoms with Crippen LogP contribution >= 0.6 is 39.1 Å². The number of hydrogen-bond acceptors (Lipinski definition) is 3. The van der Waals surface area contributed by atoms with Gasteiger partial charge in [0.25, 0.3) is 0 Å². The van der Waals surface area contributed by atoms with E-state index in [1.807, 2.05) is 30.3 Å². The van der Waals surface area contributed by atoms with Crippen LogP contribution in [0.5, 0.6) is 5.75 Å². The van der Waals surface area contributed by atoms with Crippen LogP contribution in [0.4, 0.5) is 0 Å². The highest BCUT2D eigenvalue weighted by Gasteiger charge is 2.18. The third-order valence-electron chi connectivity index (χ3n) is 2.97. The highest BCUT2D eigenvalue weighted by Crippen LogP contribution is 2.35. The second-order valence-corrected chi connectivity index (χ2v) is 5.78. The van der Waals surface area contributed by atoms with E-state index in [0.717, 1.165) is 15.6 Å². The Labute approximate surface area is 136 Å². The second-order valence-electron chi connectivity index (χ2n) is 4.14. The number of halogens is 3. The second kappa shape index (κ2) is 6.78. The Kier molecular flexibility index (Phi) is 5.29. The van der Waals surface area contributed by atoms with Crippen molar-refractivity contribution in [2.24, 2.45) is 5.84 Å². The molecule has 0 bridgehead atoms. The van der Waals surface area contributed by atoms with E-state index in [-0.39, 0.29) is 6.04 Å². The van der Waals surface area contributed by atoms with Gasteiger partial charge in [0.15, 0.2) is 0 Å². The van der Waals surface area contributed by atoms with Crippen LogP contribution in [0.15, 0.2) is 40.9 Å². The van der Waals surface area contributed by atoms with Crippen LogP contribution in [-0.2, 0) is 0 Å². The highest BCUT2D eigenvalue weighted by molar-refractivity contribution is 9.10. The predicted octanol–water partition coefficient (Wildman–Crippen LogP) is 4.32. The first-order valence-electron chi connectivity index (χ1n) is 5.82. The van der Waals surface area contributed by atoms with Gasteiger partial charge >= 0.3 is 0 Å². The summed E-state index contributed by atoms with van der Waals surface area (Å²) in [5.41, 5.74) is 4.55. The van der Waals surface area contributed by atoms with Crippen LogP contribution in [0.2, 0.25) is 10.0 Å². The Morgan fingerprint density at radius 2 is 2.00 bits per heavy atom. The van der Waals surface area contributed by atoms with Crippen LogP contribution < -0.4 is 16.0 Å². The molecule has 2 rings (SSSR count). The van der Waals surface area contributed by atoms with E-state index in [9.17, 15) is 0 Å². The molecule has 0 amide bonds. The van der Waals surface area contributed by atoms with E-state index in [4.69, 9.17) is 33.8 Å². The number of nitrogens with two attached hydrogens (primary N) is 1. The molecule has 106 valence electrons. The minimum atomic E-state index is -0.258. The van der Waals surface area contributed by atoms with Crippen molar-refractivity contribution in [3.63, 3.8) is 0 Å². The van der Waals surface area contributed by atoms with Gasteiger partial charge in [-0.25, -0.2) is 5.43 Å². The van der Waals surface area contributed by atoms with Gasteiger partial charge in [-0.05, 0) is 45.3 Å². The third-order valence-corrected chi connectivity index (χ3v) is 4.59. The average Bonchev–Trinajstić information content (AvgIpc) is 2.45. The molecule has 0 saturated heterocycles. The SMILES string of the molecule is COc1cc(C(NN)c2cccc(Br)c2Cl)ccc1Cl. The van der Waals surface area contributed by atoms with Crippen LogP contribution in [0.3, 0.4) is 0 Å². The number of rotatable bonds is 4. The standard InChI is InChI=1S/C14H13BrCl2N2O/c1-20-12-7-8(5-6-11(12)16)14(19-18)9-3-2-4-10(15)13(9)17/h2-7,14,19H,18H2,1H3. The maximum atomic E-state index is 6.32. The van der Waals surface area contributed by atoms with Crippen molar-refractivity contribution < 1.29 is 4.74 Å². The predicted molar refractivity (Wildman–Crippen MR) is 86.3 cm³/mol. The molecule has 0 radical (unpaired) electrons. The number of nitrogens with one attached hydrogen (secondary N) is 1. The lowest BCUT2D eigenvalue weighted by Gasteiger charge is -2.19. The van der Waals surface area contributed by atoms with E-state index >= 15 is 0 Å². The molecule has 2 aromatic carbocycles. The molecule has 0 aromatic heterocycles. The van der Waals surface area contributed by atoms with Gasteiger partial charge in [-0.2, -0.15) is 0 Å². The van der Waals surface area contributed by atoms with Crippen LogP contribution in [-0.4, -0.2) is 7.11 Å². The van der Waals surface area contributed by atoms with E-state index in [1.165, 1.54) is 0 Å². The van der Waals surface area contributed by atoms with E-state index < -0.39 is 0 Å². The van der Waals surface area contributed by atoms with Crippen molar-refractivity contribution in [2.75, 3.05) is 7.11 Å². The summed E-state index contributed by atoms with van der Waals surface area (Å²) in [5, 5.41) is 1.16. The molecule has 0 spiro atoms. The molecule has 1 unspecified atom stereocenters. The van der Waals surface area contributed by atoms with Gasteiger partial charge in [-0.1, -0.05) is 41.4 Å². The maximum Gasteiger partial charge on any atom is 0.137 e. The lowest BCUT2D eigenvalue weighted by Crippen LogP contribution is -2.29. The molecule has 3 nitrogen and oxygen atoms in total. The molecule has 0 aliphatic carbocycles. The normalized spacial score (nSPS) is 12.2. The zero-order valence-corrected chi connectivity index (χ0v) is 13.8. The molecule has 0 aliphatic heterocycles. The Bertz CT molecular complexity index is 622. The van der Waals surface area contributed by atoms with E-state index in [2.05, 4.69) is 21.4 Å². The summed E-state index contributed by atoms with van der Waals surface area (Å²) in [6.07, 6.45) is 0. The lowest BCUT2D eigenvalue weighted by atomic mass is 9.99. The quantitative estimate of drug-likeness (QED) is 0.618. The van der Waals surface area contributed by atoms with Gasteiger partial charge in [0, 0.05) is 4.47 Å². The number of benzene rings is 2. The van der Waals surface area contributed by atoms with Gasteiger partial charge in [0.2, 0.25) is 0 Å². The summed E-state index contributed by atoms with van der Waals surface area (Å²) >= 11 is 15.8. The van der Waals surface area contributed by atoms with Gasteiger partial charge in [0.1, 0.15) is 5.75 Å². The summed E-state index contributed by atoms with van der Waals surface area (Å²) in [6, 6.07) is 10.9. The first kappa shape index (κ1) is 15.6. The molecule has 0 heterocycles. The van der Waals surface area contributed by atoms with Gasteiger partial charge in [-0.15, -0.1) is 0 Å². The lowest BCUT2D eigenvalue weighted by molar-refractivity contribution is 0.414. The Hall–Kier alpha value is -0.780. The van der Waals surface area contributed by atoms with Crippen LogP contribution in [0.1, 0.15) is 17.2 Å². The van der Waals surface area contributed by atoms with E-state index in [1.54, 1.807) is 13.2 Å². The first-order valence-corrected chi connectivity index (χ1v) is 7.36. The van der Waals surface area contributed by atoms with E-state index in [0.29, 0.717) is 15.8 Å². The van der Waals surface area contributed by atoms with Crippen molar-refractivity contribution in [3.05, 3.63) is 62.0 Å². The highest BCUT2D eigenvalue weighted by atomic mass is 79.9. The monoisotopic (exact) mass is 374 g/mol. The van der Waals surface area contributed by atoms with Crippen molar-refractivity contribution in [1.29, 1.82) is 0 Å². The molecule has 0 fully saturated rings. The first-order chi connectivity index (χ1) is 9.58. The fraction of sp³-hybridized carbons (Fsp3) is 0.143. The molecule has 0 aliphatic rings. The molecular weight excluding hydrogens is 363 g/mol. The summed E-state index contributed by atoms with van der Waals surface area (Å²) in [4.78, 5) is 0.